The number of carbonyl (C=O) groups is 1. The van der Waals surface area contributed by atoms with E-state index in [1.54, 1.807) is 48.5 Å². The first-order chi connectivity index (χ1) is 15.6. The van der Waals surface area contributed by atoms with E-state index < -0.39 is 11.7 Å². The van der Waals surface area contributed by atoms with Crippen LogP contribution in [0, 0.1) is 5.82 Å². The number of anilines is 1. The third kappa shape index (κ3) is 4.04. The molecule has 0 spiro atoms. The largest absolute Gasteiger partial charge is 0.454 e. The van der Waals surface area contributed by atoms with Gasteiger partial charge in [-0.05, 0) is 48.5 Å². The van der Waals surface area contributed by atoms with Crippen LogP contribution in [-0.4, -0.2) is 42.9 Å². The first-order valence-electron chi connectivity index (χ1n) is 10.2. The Balaban J connectivity index is 1.55. The number of nitrogens with zero attached hydrogens (tertiary/aromatic N) is 2. The van der Waals surface area contributed by atoms with Crippen LogP contribution in [0.4, 0.5) is 15.8 Å². The Morgan fingerprint density at radius 2 is 1.81 bits per heavy atom. The molecule has 1 N–H and O–H groups in total. The summed E-state index contributed by atoms with van der Waals surface area (Å²) in [5, 5.41) is 3.33. The molecule has 0 radical (unpaired) electrons. The van der Waals surface area contributed by atoms with Crippen LogP contribution in [0.2, 0.25) is 5.02 Å². The van der Waals surface area contributed by atoms with Gasteiger partial charge in [-0.3, -0.25) is 4.79 Å². The minimum Gasteiger partial charge on any atom is -0.454 e. The van der Waals surface area contributed by atoms with Gasteiger partial charge in [0.1, 0.15) is 23.1 Å². The van der Waals surface area contributed by atoms with Crippen molar-refractivity contribution in [2.75, 3.05) is 31.6 Å². The Labute approximate surface area is 189 Å². The number of amidine groups is 1. The number of carbonyl (C=O) groups excluding carboxylic acids is 1. The summed E-state index contributed by atoms with van der Waals surface area (Å²) in [7, 11) is 0. The Kier molecular flexibility index (Phi) is 5.51. The highest BCUT2D eigenvalue weighted by Gasteiger charge is 2.25. The summed E-state index contributed by atoms with van der Waals surface area (Å²) in [5.41, 5.74) is 1.81. The maximum atomic E-state index is 14.0. The van der Waals surface area contributed by atoms with Crippen molar-refractivity contribution in [3.05, 3.63) is 82.6 Å². The summed E-state index contributed by atoms with van der Waals surface area (Å²) >= 11 is 6.19. The van der Waals surface area contributed by atoms with E-state index in [4.69, 9.17) is 26.1 Å². The molecule has 32 heavy (non-hydrogen) atoms. The number of rotatable bonds is 2. The highest BCUT2D eigenvalue weighted by atomic mass is 35.5. The smallest absolute Gasteiger partial charge is 0.258 e. The molecule has 0 aliphatic carbocycles. The minimum atomic E-state index is -0.578. The lowest BCUT2D eigenvalue weighted by atomic mass is 10.1. The number of benzene rings is 3. The lowest BCUT2D eigenvalue weighted by Crippen LogP contribution is -2.41. The molecule has 5 rings (SSSR count). The number of hydrogen-bond acceptors (Lipinski definition) is 5. The van der Waals surface area contributed by atoms with Crippen molar-refractivity contribution in [2.45, 2.75) is 0 Å². The molecule has 8 heteroatoms. The molecule has 0 atom stereocenters. The van der Waals surface area contributed by atoms with Gasteiger partial charge in [-0.2, -0.15) is 0 Å². The Hall–Kier alpha value is -3.42. The van der Waals surface area contributed by atoms with Crippen molar-refractivity contribution in [3.63, 3.8) is 0 Å². The number of morpholine rings is 1. The number of fused-ring (bicyclic) bond motifs is 2. The van der Waals surface area contributed by atoms with E-state index in [1.807, 2.05) is 0 Å². The van der Waals surface area contributed by atoms with Gasteiger partial charge < -0.3 is 19.7 Å². The van der Waals surface area contributed by atoms with Gasteiger partial charge in [-0.25, -0.2) is 9.38 Å². The van der Waals surface area contributed by atoms with Crippen molar-refractivity contribution in [1.29, 1.82) is 0 Å². The van der Waals surface area contributed by atoms with Crippen LogP contribution in [0.3, 0.4) is 0 Å². The molecular formula is C24H19ClFN3O3. The van der Waals surface area contributed by atoms with Gasteiger partial charge in [0.2, 0.25) is 0 Å². The second kappa shape index (κ2) is 8.61. The number of amides is 1. The third-order valence-corrected chi connectivity index (χ3v) is 5.51. The van der Waals surface area contributed by atoms with E-state index in [0.717, 1.165) is 0 Å². The summed E-state index contributed by atoms with van der Waals surface area (Å²) in [4.78, 5) is 19.6. The zero-order valence-electron chi connectivity index (χ0n) is 17.0. The fourth-order valence-corrected chi connectivity index (χ4v) is 3.85. The van der Waals surface area contributed by atoms with Gasteiger partial charge in [-0.15, -0.1) is 0 Å². The maximum Gasteiger partial charge on any atom is 0.258 e. The van der Waals surface area contributed by atoms with Gasteiger partial charge in [-0.1, -0.05) is 23.7 Å². The number of aliphatic imine (C=N–C) groups is 1. The van der Waals surface area contributed by atoms with Crippen LogP contribution < -0.4 is 10.1 Å². The van der Waals surface area contributed by atoms with Crippen LogP contribution in [0.15, 0.2) is 65.7 Å². The molecule has 0 bridgehead atoms. The molecule has 0 aromatic heterocycles. The second-order valence-corrected chi connectivity index (χ2v) is 7.83. The van der Waals surface area contributed by atoms with Crippen molar-refractivity contribution in [1.82, 2.24) is 4.90 Å². The van der Waals surface area contributed by atoms with Crippen molar-refractivity contribution < 1.29 is 18.7 Å². The predicted octanol–water partition coefficient (Wildman–Crippen LogP) is 5.25. The third-order valence-electron chi connectivity index (χ3n) is 5.27. The van der Waals surface area contributed by atoms with Gasteiger partial charge in [0.15, 0.2) is 5.75 Å². The molecule has 2 aliphatic heterocycles. The molecule has 162 valence electrons. The lowest BCUT2D eigenvalue weighted by molar-refractivity contribution is 0.0683. The van der Waals surface area contributed by atoms with Crippen LogP contribution in [0.25, 0.3) is 0 Å². The van der Waals surface area contributed by atoms with Crippen LogP contribution in [0.5, 0.6) is 11.5 Å². The SMILES string of the molecule is O=C(Nc1ccc2c(c1)C(N1CCOCC1)=Nc1cc(Cl)ccc1O2)c1ccccc1F. The Morgan fingerprint density at radius 1 is 1.03 bits per heavy atom. The van der Waals surface area contributed by atoms with E-state index in [2.05, 4.69) is 10.2 Å². The average Bonchev–Trinajstić information content (AvgIpc) is 2.96. The zero-order valence-corrected chi connectivity index (χ0v) is 17.7. The molecular weight excluding hydrogens is 433 g/mol. The highest BCUT2D eigenvalue weighted by Crippen LogP contribution is 2.40. The molecule has 1 amide bonds. The van der Waals surface area contributed by atoms with E-state index in [9.17, 15) is 9.18 Å². The van der Waals surface area contributed by atoms with Gasteiger partial charge >= 0.3 is 0 Å². The first kappa shape index (κ1) is 20.5. The Morgan fingerprint density at radius 3 is 2.62 bits per heavy atom. The van der Waals surface area contributed by atoms with Crippen LogP contribution in [0.1, 0.15) is 15.9 Å². The molecule has 2 aliphatic rings. The number of hydrogen-bond donors (Lipinski definition) is 1. The predicted molar refractivity (Wildman–Crippen MR) is 121 cm³/mol. The highest BCUT2D eigenvalue weighted by molar-refractivity contribution is 6.31. The minimum absolute atomic E-state index is 0.0252. The van der Waals surface area contributed by atoms with E-state index in [1.165, 1.54) is 12.1 Å². The molecule has 3 aromatic rings. The van der Waals surface area contributed by atoms with E-state index in [0.29, 0.717) is 65.6 Å². The molecule has 1 fully saturated rings. The van der Waals surface area contributed by atoms with Gasteiger partial charge in [0.25, 0.3) is 5.91 Å². The lowest BCUT2D eigenvalue weighted by Gasteiger charge is -2.30. The summed E-state index contributed by atoms with van der Waals surface area (Å²) < 4.78 is 25.7. The second-order valence-electron chi connectivity index (χ2n) is 7.39. The topological polar surface area (TPSA) is 63.2 Å². The van der Waals surface area contributed by atoms with E-state index >= 15 is 0 Å². The standard InChI is InChI=1S/C24H19ClFN3O3/c25-15-5-7-22-20(13-15)28-23(29-9-11-31-12-10-29)18-14-16(6-8-21(18)32-22)27-24(30)17-3-1-2-4-19(17)26/h1-8,13-14H,9-12H2,(H,27,30). The van der Waals surface area contributed by atoms with Gasteiger partial charge in [0, 0.05) is 23.8 Å². The van der Waals surface area contributed by atoms with Crippen LogP contribution in [-0.2, 0) is 4.74 Å². The van der Waals surface area contributed by atoms with Gasteiger partial charge in [0.05, 0.1) is 24.3 Å². The van der Waals surface area contributed by atoms with Crippen molar-refractivity contribution >= 4 is 34.7 Å². The molecule has 1 saturated heterocycles. The summed E-state index contributed by atoms with van der Waals surface area (Å²) in [5.74, 6) is 0.775. The normalized spacial score (nSPS) is 15.1. The molecule has 0 saturated carbocycles. The number of ether oxygens (including phenoxy) is 2. The fraction of sp³-hybridized carbons (Fsp3) is 0.167. The average molecular weight is 452 g/mol. The molecule has 0 unspecified atom stereocenters. The van der Waals surface area contributed by atoms with Crippen LogP contribution >= 0.6 is 11.6 Å². The number of halogens is 2. The molecule has 2 heterocycles. The van der Waals surface area contributed by atoms with Crippen molar-refractivity contribution in [3.8, 4) is 11.5 Å². The first-order valence-corrected chi connectivity index (χ1v) is 10.6. The van der Waals surface area contributed by atoms with Crippen molar-refractivity contribution in [2.24, 2.45) is 4.99 Å². The fourth-order valence-electron chi connectivity index (χ4n) is 3.69. The molecule has 3 aromatic carbocycles. The zero-order chi connectivity index (χ0) is 22.1. The quantitative estimate of drug-likeness (QED) is 0.578. The maximum absolute atomic E-state index is 14.0. The summed E-state index contributed by atoms with van der Waals surface area (Å²) in [6, 6.07) is 16.4. The van der Waals surface area contributed by atoms with E-state index in [-0.39, 0.29) is 5.56 Å². The summed E-state index contributed by atoms with van der Waals surface area (Å²) in [6.07, 6.45) is 0. The number of nitrogens with one attached hydrogen (secondary N) is 1. The molecule has 6 nitrogen and oxygen atoms in total. The Bertz CT molecular complexity index is 1220. The monoisotopic (exact) mass is 451 g/mol. The summed E-state index contributed by atoms with van der Waals surface area (Å²) in [6.45, 7) is 2.50.